The van der Waals surface area contributed by atoms with Gasteiger partial charge in [-0.15, -0.1) is 0 Å². The van der Waals surface area contributed by atoms with E-state index >= 15 is 0 Å². The van der Waals surface area contributed by atoms with Gasteiger partial charge in [-0.05, 0) is 42.2 Å². The monoisotopic (exact) mass is 439 g/mol. The molecule has 0 aliphatic heterocycles. The number of sulfonamides is 1. The van der Waals surface area contributed by atoms with E-state index in [1.54, 1.807) is 43.3 Å². The summed E-state index contributed by atoms with van der Waals surface area (Å²) in [6, 6.07) is 10.9. The zero-order chi connectivity index (χ0) is 21.6. The Kier molecular flexibility index (Phi) is 8.07. The fraction of sp³-hybridized carbons (Fsp3) is 0.381. The summed E-state index contributed by atoms with van der Waals surface area (Å²) in [7, 11) is -2.61. The molecule has 0 unspecified atom stereocenters. The van der Waals surface area contributed by atoms with Gasteiger partial charge < -0.3 is 9.47 Å². The normalized spacial score (nSPS) is 12.6. The third-order valence-electron chi connectivity index (χ3n) is 4.40. The number of benzene rings is 2. The van der Waals surface area contributed by atoms with E-state index in [2.05, 4.69) is 4.72 Å². The molecule has 0 saturated carbocycles. The van der Waals surface area contributed by atoms with Crippen LogP contribution < -0.4 is 9.46 Å². The first-order chi connectivity index (χ1) is 13.7. The van der Waals surface area contributed by atoms with Crippen LogP contribution in [0, 0.1) is 0 Å². The van der Waals surface area contributed by atoms with E-state index < -0.39 is 22.0 Å². The second-order valence-electron chi connectivity index (χ2n) is 6.77. The lowest BCUT2D eigenvalue weighted by atomic mass is 10.0. The second kappa shape index (κ2) is 10.1. The van der Waals surface area contributed by atoms with Gasteiger partial charge in [0, 0.05) is 5.02 Å². The van der Waals surface area contributed by atoms with Gasteiger partial charge in [-0.25, -0.2) is 13.1 Å². The third-order valence-corrected chi connectivity index (χ3v) is 6.24. The Morgan fingerprint density at radius 2 is 1.86 bits per heavy atom. The number of carbonyl (C=O) groups excluding carboxylic acids is 1. The number of rotatable bonds is 9. The molecule has 0 amide bonds. The van der Waals surface area contributed by atoms with Crippen molar-refractivity contribution in [2.45, 2.75) is 44.0 Å². The molecule has 0 saturated heterocycles. The number of hydrogen-bond donors (Lipinski definition) is 1. The van der Waals surface area contributed by atoms with Crippen LogP contribution in [0.2, 0.25) is 5.02 Å². The van der Waals surface area contributed by atoms with Crippen molar-refractivity contribution in [3.05, 3.63) is 58.6 Å². The van der Waals surface area contributed by atoms with E-state index in [-0.39, 0.29) is 29.6 Å². The van der Waals surface area contributed by atoms with Crippen molar-refractivity contribution in [3.8, 4) is 5.75 Å². The summed E-state index contributed by atoms with van der Waals surface area (Å²) in [6.45, 7) is 5.83. The predicted molar refractivity (Wildman–Crippen MR) is 113 cm³/mol. The standard InChI is InChI=1S/C21H26ClNO5S/c1-5-28-21(24)13-18(16-8-6-7-9-17(16)22)23-29(25,26)20-12-15(14(2)3)10-11-19(20)27-4/h6-12,14,18,23H,5,13H2,1-4H3/t18-/m1/s1. The fourth-order valence-corrected chi connectivity index (χ4v) is 4.56. The van der Waals surface area contributed by atoms with Crippen LogP contribution in [-0.2, 0) is 19.6 Å². The predicted octanol–water partition coefficient (Wildman–Crippen LogP) is 4.44. The zero-order valence-electron chi connectivity index (χ0n) is 16.9. The van der Waals surface area contributed by atoms with Crippen molar-refractivity contribution in [2.75, 3.05) is 13.7 Å². The summed E-state index contributed by atoms with van der Waals surface area (Å²) in [4.78, 5) is 12.1. The number of nitrogens with one attached hydrogen (secondary N) is 1. The Bertz CT molecular complexity index is 959. The van der Waals surface area contributed by atoms with Crippen molar-refractivity contribution in [1.29, 1.82) is 0 Å². The maximum Gasteiger partial charge on any atom is 0.307 e. The number of hydrogen-bond acceptors (Lipinski definition) is 5. The van der Waals surface area contributed by atoms with Crippen molar-refractivity contribution in [2.24, 2.45) is 0 Å². The molecule has 2 rings (SSSR count). The molecule has 2 aromatic rings. The van der Waals surface area contributed by atoms with Gasteiger partial charge in [0.25, 0.3) is 0 Å². The maximum absolute atomic E-state index is 13.2. The molecule has 1 atom stereocenters. The average molecular weight is 440 g/mol. The van der Waals surface area contributed by atoms with Crippen molar-refractivity contribution < 1.29 is 22.7 Å². The zero-order valence-corrected chi connectivity index (χ0v) is 18.5. The summed E-state index contributed by atoms with van der Waals surface area (Å²) >= 11 is 6.27. The Balaban J connectivity index is 2.47. The fourth-order valence-electron chi connectivity index (χ4n) is 2.87. The highest BCUT2D eigenvalue weighted by atomic mass is 35.5. The van der Waals surface area contributed by atoms with Crippen LogP contribution in [0.15, 0.2) is 47.4 Å². The Hall–Kier alpha value is -2.09. The largest absolute Gasteiger partial charge is 0.495 e. The summed E-state index contributed by atoms with van der Waals surface area (Å²) in [5, 5.41) is 0.354. The van der Waals surface area contributed by atoms with Gasteiger partial charge in [0.2, 0.25) is 10.0 Å². The molecule has 8 heteroatoms. The van der Waals surface area contributed by atoms with Crippen LogP contribution >= 0.6 is 11.6 Å². The minimum absolute atomic E-state index is 0.00659. The number of esters is 1. The van der Waals surface area contributed by atoms with Gasteiger partial charge in [-0.3, -0.25) is 4.79 Å². The number of halogens is 1. The molecule has 0 heterocycles. The Morgan fingerprint density at radius 3 is 2.45 bits per heavy atom. The first-order valence-corrected chi connectivity index (χ1v) is 11.2. The van der Waals surface area contributed by atoms with E-state index in [4.69, 9.17) is 21.1 Å². The summed E-state index contributed by atoms with van der Waals surface area (Å²) < 4.78 is 39.3. The molecule has 0 aliphatic rings. The quantitative estimate of drug-likeness (QED) is 0.584. The van der Waals surface area contributed by atoms with Crippen LogP contribution in [-0.4, -0.2) is 28.1 Å². The van der Waals surface area contributed by atoms with Crippen LogP contribution in [0.1, 0.15) is 50.3 Å². The summed E-state index contributed by atoms with van der Waals surface area (Å²) in [5.41, 5.74) is 1.34. The smallest absolute Gasteiger partial charge is 0.307 e. The molecule has 0 radical (unpaired) electrons. The van der Waals surface area contributed by atoms with E-state index in [1.807, 2.05) is 19.9 Å². The second-order valence-corrected chi connectivity index (χ2v) is 8.86. The van der Waals surface area contributed by atoms with Crippen molar-refractivity contribution in [3.63, 3.8) is 0 Å². The molecule has 158 valence electrons. The Morgan fingerprint density at radius 1 is 1.17 bits per heavy atom. The molecule has 29 heavy (non-hydrogen) atoms. The van der Waals surface area contributed by atoms with Crippen molar-refractivity contribution >= 4 is 27.6 Å². The molecule has 0 aliphatic carbocycles. The van der Waals surface area contributed by atoms with Crippen LogP contribution in [0.3, 0.4) is 0 Å². The molecular formula is C21H26ClNO5S. The molecular weight excluding hydrogens is 414 g/mol. The number of carbonyl (C=O) groups is 1. The molecule has 0 aromatic heterocycles. The Labute approximate surface area is 177 Å². The molecule has 0 bridgehead atoms. The summed E-state index contributed by atoms with van der Waals surface area (Å²) in [6.07, 6.45) is -0.191. The van der Waals surface area contributed by atoms with Crippen molar-refractivity contribution in [1.82, 2.24) is 4.72 Å². The maximum atomic E-state index is 13.2. The van der Waals surface area contributed by atoms with Gasteiger partial charge in [0.05, 0.1) is 26.2 Å². The summed E-state index contributed by atoms with van der Waals surface area (Å²) in [5.74, 6) is -0.173. The number of methoxy groups -OCH3 is 1. The van der Waals surface area contributed by atoms with Gasteiger partial charge in [-0.2, -0.15) is 0 Å². The first-order valence-electron chi connectivity index (χ1n) is 9.29. The highest BCUT2D eigenvalue weighted by molar-refractivity contribution is 7.89. The van der Waals surface area contributed by atoms with Crippen LogP contribution in [0.4, 0.5) is 0 Å². The highest BCUT2D eigenvalue weighted by Crippen LogP contribution is 2.31. The molecule has 0 spiro atoms. The van der Waals surface area contributed by atoms with Gasteiger partial charge >= 0.3 is 5.97 Å². The van der Waals surface area contributed by atoms with Gasteiger partial charge in [0.15, 0.2) is 0 Å². The molecule has 0 fully saturated rings. The minimum Gasteiger partial charge on any atom is -0.495 e. The SMILES string of the molecule is CCOC(=O)C[C@@H](NS(=O)(=O)c1cc(C(C)C)ccc1OC)c1ccccc1Cl. The van der Waals surface area contributed by atoms with E-state index in [9.17, 15) is 13.2 Å². The molecule has 1 N–H and O–H groups in total. The minimum atomic E-state index is -4.03. The van der Waals surface area contributed by atoms with E-state index in [0.29, 0.717) is 10.6 Å². The lowest BCUT2D eigenvalue weighted by Crippen LogP contribution is -2.31. The topological polar surface area (TPSA) is 81.7 Å². The van der Waals surface area contributed by atoms with E-state index in [1.165, 1.54) is 7.11 Å². The molecule has 2 aromatic carbocycles. The first kappa shape index (κ1) is 23.2. The van der Waals surface area contributed by atoms with E-state index in [0.717, 1.165) is 5.56 Å². The third kappa shape index (κ3) is 5.95. The van der Waals surface area contributed by atoms with Crippen LogP contribution in [0.25, 0.3) is 0 Å². The average Bonchev–Trinajstić information content (AvgIpc) is 2.67. The highest BCUT2D eigenvalue weighted by Gasteiger charge is 2.28. The number of ether oxygens (including phenoxy) is 2. The lowest BCUT2D eigenvalue weighted by Gasteiger charge is -2.21. The van der Waals surface area contributed by atoms with Gasteiger partial charge in [0.1, 0.15) is 10.6 Å². The molecule has 6 nitrogen and oxygen atoms in total. The van der Waals surface area contributed by atoms with Gasteiger partial charge in [-0.1, -0.05) is 49.7 Å². The van der Waals surface area contributed by atoms with Crippen LogP contribution in [0.5, 0.6) is 5.75 Å². The lowest BCUT2D eigenvalue weighted by molar-refractivity contribution is -0.143.